The third-order valence-electron chi connectivity index (χ3n) is 0.238. The Labute approximate surface area is 71.1 Å². The Balaban J connectivity index is 0. The molecule has 0 radical (unpaired) electrons. The number of hydrogen-bond donors (Lipinski definition) is 2. The predicted molar refractivity (Wildman–Crippen MR) is 27.6 cm³/mol. The van der Waals surface area contributed by atoms with Gasteiger partial charge in [-0.2, -0.15) is 0 Å². The van der Waals surface area contributed by atoms with E-state index in [0.717, 1.165) is 7.11 Å². The fourth-order valence-electron chi connectivity index (χ4n) is 0. The van der Waals surface area contributed by atoms with Gasteiger partial charge in [-0.25, -0.2) is 4.57 Å². The molecule has 0 aliphatic heterocycles. The van der Waals surface area contributed by atoms with Gasteiger partial charge in [0.15, 0.2) is 0 Å². The maximum absolute atomic E-state index is 9.47. The Morgan fingerprint density at radius 2 is 1.71 bits per heavy atom. The van der Waals surface area contributed by atoms with Crippen molar-refractivity contribution in [3.8, 4) is 0 Å². The summed E-state index contributed by atoms with van der Waals surface area (Å²) in [4.78, 5) is 15.4. The summed E-state index contributed by atoms with van der Waals surface area (Å²) < 4.78 is 13.1. The van der Waals surface area contributed by atoms with Crippen molar-refractivity contribution in [1.29, 1.82) is 0 Å². The van der Waals surface area contributed by atoms with Crippen molar-refractivity contribution in [2.45, 2.75) is 0 Å². The van der Waals surface area contributed by atoms with E-state index in [1.54, 1.807) is 0 Å². The van der Waals surface area contributed by atoms with Crippen molar-refractivity contribution in [3.63, 3.8) is 0 Å². The number of phosphoric acid groups is 1. The molecule has 0 unspecified atom stereocenters. The van der Waals surface area contributed by atoms with Crippen LogP contribution in [0.25, 0.3) is 0 Å². The van der Waals surface area contributed by atoms with Crippen molar-refractivity contribution in [2.24, 2.45) is 0 Å². The van der Waals surface area contributed by atoms with Crippen molar-refractivity contribution < 1.29 is 18.9 Å². The van der Waals surface area contributed by atoms with E-state index in [-0.39, 0.29) is 37.7 Å². The molecule has 4 nitrogen and oxygen atoms in total. The molecule has 0 rings (SSSR count). The zero-order chi connectivity index (χ0) is 5.21. The van der Waals surface area contributed by atoms with E-state index in [9.17, 15) is 4.57 Å². The zero-order valence-electron chi connectivity index (χ0n) is 3.16. The molecule has 0 fully saturated rings. The first kappa shape index (κ1) is 11.2. The van der Waals surface area contributed by atoms with Crippen LogP contribution in [0, 0.1) is 0 Å². The first-order chi connectivity index (χ1) is 2.56. The van der Waals surface area contributed by atoms with Gasteiger partial charge < -0.3 is 9.79 Å². The Hall–Kier alpha value is 1.37. The molecule has 0 aromatic heterocycles. The average Bonchev–Trinajstić information content (AvgIpc) is 1.35. The van der Waals surface area contributed by atoms with Gasteiger partial charge in [-0.3, -0.25) is 4.52 Å². The van der Waals surface area contributed by atoms with Gasteiger partial charge in [0.25, 0.3) is 0 Å². The molecule has 0 aromatic rings. The van der Waals surface area contributed by atoms with Crippen LogP contribution in [0.5, 0.6) is 0 Å². The Morgan fingerprint density at radius 3 is 1.71 bits per heavy atom. The van der Waals surface area contributed by atoms with E-state index in [0.29, 0.717) is 0 Å². The van der Waals surface area contributed by atoms with E-state index in [1.807, 2.05) is 0 Å². The predicted octanol–water partition coefficient (Wildman–Crippen LogP) is -1.19. The summed E-state index contributed by atoms with van der Waals surface area (Å²) in [5, 5.41) is 0. The van der Waals surface area contributed by atoms with Crippen LogP contribution in [0.15, 0.2) is 0 Å². The Kier molecular flexibility index (Phi) is 6.83. The second-order valence-corrected chi connectivity index (χ2v) is 2.02. The molecule has 0 aliphatic rings. The minimum atomic E-state index is -4.15. The molecule has 6 heteroatoms. The molecular weight excluding hydrogens is 147 g/mol. The van der Waals surface area contributed by atoms with Crippen molar-refractivity contribution in [1.82, 2.24) is 0 Å². The summed E-state index contributed by atoms with van der Waals surface area (Å²) in [6.07, 6.45) is 0. The van der Waals surface area contributed by atoms with Crippen molar-refractivity contribution in [2.75, 3.05) is 7.11 Å². The summed E-state index contributed by atoms with van der Waals surface area (Å²) in [5.41, 5.74) is 0. The van der Waals surface area contributed by atoms with Gasteiger partial charge in [0.05, 0.1) is 0 Å². The second-order valence-electron chi connectivity index (χ2n) is 0.673. The quantitative estimate of drug-likeness (QED) is 0.368. The number of phosphoric ester groups is 1. The van der Waals surface area contributed by atoms with Crippen LogP contribution in [0.1, 0.15) is 0 Å². The molecule has 0 bridgehead atoms. The van der Waals surface area contributed by atoms with Gasteiger partial charge in [-0.05, 0) is 0 Å². The summed E-state index contributed by atoms with van der Waals surface area (Å²) in [7, 11) is -3.20. The summed E-state index contributed by atoms with van der Waals surface area (Å²) in [6.45, 7) is 0. The topological polar surface area (TPSA) is 66.8 Å². The first-order valence-electron chi connectivity index (χ1n) is 1.17. The SMILES string of the molecule is COP(=O)(O)O.[CaH2]. The molecule has 0 saturated carbocycles. The van der Waals surface area contributed by atoms with Gasteiger partial charge in [0.1, 0.15) is 0 Å². The molecule has 0 amide bonds. The van der Waals surface area contributed by atoms with Crippen LogP contribution in [0.2, 0.25) is 0 Å². The molecule has 0 spiro atoms. The van der Waals surface area contributed by atoms with Crippen LogP contribution >= 0.6 is 7.82 Å². The summed E-state index contributed by atoms with van der Waals surface area (Å²) >= 11 is 0. The van der Waals surface area contributed by atoms with Crippen LogP contribution in [-0.4, -0.2) is 54.6 Å². The van der Waals surface area contributed by atoms with Crippen LogP contribution in [0.3, 0.4) is 0 Å². The Morgan fingerprint density at radius 1 is 1.57 bits per heavy atom. The number of hydrogen-bond acceptors (Lipinski definition) is 2. The molecule has 0 aliphatic carbocycles. The maximum atomic E-state index is 9.47. The zero-order valence-corrected chi connectivity index (χ0v) is 4.05. The van der Waals surface area contributed by atoms with Crippen LogP contribution < -0.4 is 0 Å². The van der Waals surface area contributed by atoms with E-state index in [4.69, 9.17) is 9.79 Å². The van der Waals surface area contributed by atoms with Gasteiger partial charge in [-0.15, -0.1) is 0 Å². The minimum absolute atomic E-state index is 0. The third kappa shape index (κ3) is 11.1. The van der Waals surface area contributed by atoms with Crippen molar-refractivity contribution >= 4 is 45.6 Å². The fourth-order valence-corrected chi connectivity index (χ4v) is 0. The standard InChI is InChI=1S/CH5O4P.Ca.2H/c1-5-6(2,3)4;;;/h1H3,(H2,2,3,4);;;. The normalized spacial score (nSPS) is 10.1. The Bertz CT molecular complexity index is 75.8. The van der Waals surface area contributed by atoms with Gasteiger partial charge in [0.2, 0.25) is 0 Å². The second kappa shape index (κ2) is 4.27. The molecule has 42 valence electrons. The van der Waals surface area contributed by atoms with Crippen LogP contribution in [0.4, 0.5) is 0 Å². The van der Waals surface area contributed by atoms with Crippen molar-refractivity contribution in [3.05, 3.63) is 0 Å². The molecule has 0 atom stereocenters. The first-order valence-corrected chi connectivity index (χ1v) is 2.70. The fraction of sp³-hybridized carbons (Fsp3) is 1.00. The summed E-state index contributed by atoms with van der Waals surface area (Å²) in [5.74, 6) is 0. The number of rotatable bonds is 1. The molecular formula is CH7CaO4P. The van der Waals surface area contributed by atoms with E-state index < -0.39 is 7.82 Å². The van der Waals surface area contributed by atoms with Gasteiger partial charge in [-0.1, -0.05) is 0 Å². The average molecular weight is 154 g/mol. The molecule has 0 aromatic carbocycles. The van der Waals surface area contributed by atoms with Gasteiger partial charge >= 0.3 is 45.6 Å². The van der Waals surface area contributed by atoms with E-state index in [2.05, 4.69) is 4.52 Å². The molecule has 2 N–H and O–H groups in total. The van der Waals surface area contributed by atoms with E-state index in [1.165, 1.54) is 0 Å². The van der Waals surface area contributed by atoms with Crippen LogP contribution in [-0.2, 0) is 9.09 Å². The summed E-state index contributed by atoms with van der Waals surface area (Å²) in [6, 6.07) is 0. The monoisotopic (exact) mass is 154 g/mol. The van der Waals surface area contributed by atoms with Gasteiger partial charge in [0, 0.05) is 7.11 Å². The van der Waals surface area contributed by atoms with E-state index >= 15 is 0 Å². The third-order valence-corrected chi connectivity index (χ3v) is 0.714. The molecule has 7 heavy (non-hydrogen) atoms. The molecule has 0 heterocycles. The molecule has 0 saturated heterocycles.